The van der Waals surface area contributed by atoms with Crippen LogP contribution in [0.4, 0.5) is 0 Å². The van der Waals surface area contributed by atoms with Crippen LogP contribution in [0.2, 0.25) is 0 Å². The maximum atomic E-state index is 4.49. The second-order valence-corrected chi connectivity index (χ2v) is 5.42. The predicted octanol–water partition coefficient (Wildman–Crippen LogP) is 2.22. The van der Waals surface area contributed by atoms with Gasteiger partial charge in [-0.3, -0.25) is 9.88 Å². The van der Waals surface area contributed by atoms with Gasteiger partial charge in [0.05, 0.1) is 5.69 Å². The van der Waals surface area contributed by atoms with E-state index in [2.05, 4.69) is 42.0 Å². The first-order chi connectivity index (χ1) is 8.70. The highest BCUT2D eigenvalue weighted by atomic mass is 15.2. The van der Waals surface area contributed by atoms with Crippen molar-refractivity contribution in [2.24, 2.45) is 0 Å². The third-order valence-corrected chi connectivity index (χ3v) is 3.87. The van der Waals surface area contributed by atoms with E-state index >= 15 is 0 Å². The van der Waals surface area contributed by atoms with Crippen LogP contribution in [0.3, 0.4) is 0 Å². The molecule has 1 aliphatic heterocycles. The Hall–Kier alpha value is -0.930. The van der Waals surface area contributed by atoms with E-state index in [1.54, 1.807) is 0 Å². The van der Waals surface area contributed by atoms with Gasteiger partial charge < -0.3 is 5.32 Å². The number of aryl methyl sites for hydroxylation is 1. The first-order valence-corrected chi connectivity index (χ1v) is 7.11. The van der Waals surface area contributed by atoms with Gasteiger partial charge in [0.25, 0.3) is 0 Å². The molecule has 3 heteroatoms. The lowest BCUT2D eigenvalue weighted by Gasteiger charge is -2.20. The summed E-state index contributed by atoms with van der Waals surface area (Å²) >= 11 is 0. The second kappa shape index (κ2) is 6.30. The minimum Gasteiger partial charge on any atom is -0.307 e. The van der Waals surface area contributed by atoms with E-state index in [0.717, 1.165) is 13.0 Å². The molecule has 2 rings (SSSR count). The summed E-state index contributed by atoms with van der Waals surface area (Å²) in [6.07, 6.45) is 4.21. The number of likely N-dealkylation sites (tertiary alicyclic amines) is 1. The fourth-order valence-corrected chi connectivity index (χ4v) is 2.62. The Morgan fingerprint density at radius 2 is 2.33 bits per heavy atom. The van der Waals surface area contributed by atoms with Crippen LogP contribution in [0.15, 0.2) is 18.3 Å². The zero-order valence-electron chi connectivity index (χ0n) is 11.8. The molecule has 0 saturated carbocycles. The molecule has 0 aromatic carbocycles. The van der Waals surface area contributed by atoms with Gasteiger partial charge in [-0.1, -0.05) is 13.0 Å². The molecule has 100 valence electrons. The summed E-state index contributed by atoms with van der Waals surface area (Å²) in [6, 6.07) is 5.49. The first kappa shape index (κ1) is 13.5. The van der Waals surface area contributed by atoms with Gasteiger partial charge in [-0.05, 0) is 44.9 Å². The molecule has 18 heavy (non-hydrogen) atoms. The molecule has 0 aliphatic carbocycles. The van der Waals surface area contributed by atoms with Crippen LogP contribution in [0.25, 0.3) is 0 Å². The highest BCUT2D eigenvalue weighted by Gasteiger charge is 2.23. The molecule has 1 aromatic rings. The SMILES string of the molecule is CCc1cccnc1CNC1CCN(C(C)C)C1. The minimum absolute atomic E-state index is 0.624. The van der Waals surface area contributed by atoms with Gasteiger partial charge in [0.1, 0.15) is 0 Å². The fraction of sp³-hybridized carbons (Fsp3) is 0.667. The third-order valence-electron chi connectivity index (χ3n) is 3.87. The number of hydrogen-bond acceptors (Lipinski definition) is 3. The standard InChI is InChI=1S/C15H25N3/c1-4-13-6-5-8-16-15(13)10-17-14-7-9-18(11-14)12(2)3/h5-6,8,12,14,17H,4,7,9-11H2,1-3H3. The molecule has 2 heterocycles. The molecular weight excluding hydrogens is 222 g/mol. The number of nitrogens with zero attached hydrogens (tertiary/aromatic N) is 2. The first-order valence-electron chi connectivity index (χ1n) is 7.11. The summed E-state index contributed by atoms with van der Waals surface area (Å²) in [5.74, 6) is 0. The van der Waals surface area contributed by atoms with Crippen molar-refractivity contribution in [1.29, 1.82) is 0 Å². The predicted molar refractivity (Wildman–Crippen MR) is 75.6 cm³/mol. The van der Waals surface area contributed by atoms with Crippen molar-refractivity contribution in [1.82, 2.24) is 15.2 Å². The molecule has 1 saturated heterocycles. The summed E-state index contributed by atoms with van der Waals surface area (Å²) in [5.41, 5.74) is 2.58. The summed E-state index contributed by atoms with van der Waals surface area (Å²) in [7, 11) is 0. The molecule has 0 radical (unpaired) electrons. The molecule has 1 N–H and O–H groups in total. The monoisotopic (exact) mass is 247 g/mol. The molecule has 1 atom stereocenters. The molecule has 0 spiro atoms. The number of aromatic nitrogens is 1. The molecule has 1 unspecified atom stereocenters. The molecule has 1 aliphatic rings. The van der Waals surface area contributed by atoms with E-state index in [-0.39, 0.29) is 0 Å². The van der Waals surface area contributed by atoms with E-state index in [1.165, 1.54) is 30.8 Å². The molecule has 0 amide bonds. The number of nitrogens with one attached hydrogen (secondary N) is 1. The van der Waals surface area contributed by atoms with Crippen molar-refractivity contribution >= 4 is 0 Å². The second-order valence-electron chi connectivity index (χ2n) is 5.42. The summed E-state index contributed by atoms with van der Waals surface area (Å²) < 4.78 is 0. The normalized spacial score (nSPS) is 20.8. The lowest BCUT2D eigenvalue weighted by Crippen LogP contribution is -2.35. The van der Waals surface area contributed by atoms with Crippen LogP contribution >= 0.6 is 0 Å². The number of pyridine rings is 1. The average Bonchev–Trinajstić information content (AvgIpc) is 2.85. The van der Waals surface area contributed by atoms with Gasteiger partial charge in [0.15, 0.2) is 0 Å². The maximum absolute atomic E-state index is 4.49. The highest BCUT2D eigenvalue weighted by molar-refractivity contribution is 5.19. The number of rotatable bonds is 5. The Kier molecular flexibility index (Phi) is 4.72. The van der Waals surface area contributed by atoms with E-state index in [9.17, 15) is 0 Å². The Balaban J connectivity index is 1.85. The quantitative estimate of drug-likeness (QED) is 0.864. The zero-order valence-corrected chi connectivity index (χ0v) is 11.8. The Morgan fingerprint density at radius 1 is 1.50 bits per heavy atom. The summed E-state index contributed by atoms with van der Waals surface area (Å²) in [5, 5.41) is 3.65. The van der Waals surface area contributed by atoms with Gasteiger partial charge in [-0.15, -0.1) is 0 Å². The van der Waals surface area contributed by atoms with Gasteiger partial charge >= 0.3 is 0 Å². The fourth-order valence-electron chi connectivity index (χ4n) is 2.62. The van der Waals surface area contributed by atoms with Crippen molar-refractivity contribution < 1.29 is 0 Å². The van der Waals surface area contributed by atoms with Gasteiger partial charge in [0, 0.05) is 31.4 Å². The summed E-state index contributed by atoms with van der Waals surface area (Å²) in [6.45, 7) is 10.0. The van der Waals surface area contributed by atoms with E-state index in [1.807, 2.05) is 12.3 Å². The summed E-state index contributed by atoms with van der Waals surface area (Å²) in [4.78, 5) is 7.03. The Morgan fingerprint density at radius 3 is 3.00 bits per heavy atom. The largest absolute Gasteiger partial charge is 0.307 e. The molecule has 0 bridgehead atoms. The van der Waals surface area contributed by atoms with Crippen molar-refractivity contribution in [3.05, 3.63) is 29.6 Å². The topological polar surface area (TPSA) is 28.2 Å². The van der Waals surface area contributed by atoms with Crippen LogP contribution in [-0.2, 0) is 13.0 Å². The molecule has 1 aromatic heterocycles. The lowest BCUT2D eigenvalue weighted by atomic mass is 10.1. The molecule has 3 nitrogen and oxygen atoms in total. The van der Waals surface area contributed by atoms with Gasteiger partial charge in [-0.2, -0.15) is 0 Å². The Bertz CT molecular complexity index is 376. The van der Waals surface area contributed by atoms with Crippen molar-refractivity contribution in [2.45, 2.75) is 52.2 Å². The van der Waals surface area contributed by atoms with Gasteiger partial charge in [0.2, 0.25) is 0 Å². The van der Waals surface area contributed by atoms with E-state index < -0.39 is 0 Å². The third kappa shape index (κ3) is 3.30. The maximum Gasteiger partial charge on any atom is 0.0573 e. The average molecular weight is 247 g/mol. The van der Waals surface area contributed by atoms with E-state index in [4.69, 9.17) is 0 Å². The van der Waals surface area contributed by atoms with E-state index in [0.29, 0.717) is 12.1 Å². The van der Waals surface area contributed by atoms with Crippen LogP contribution in [0.5, 0.6) is 0 Å². The van der Waals surface area contributed by atoms with Crippen molar-refractivity contribution in [2.75, 3.05) is 13.1 Å². The zero-order chi connectivity index (χ0) is 13.0. The molecule has 1 fully saturated rings. The van der Waals surface area contributed by atoms with Crippen LogP contribution < -0.4 is 5.32 Å². The Labute approximate surface area is 111 Å². The van der Waals surface area contributed by atoms with Gasteiger partial charge in [-0.25, -0.2) is 0 Å². The highest BCUT2D eigenvalue weighted by Crippen LogP contribution is 2.13. The number of hydrogen-bond donors (Lipinski definition) is 1. The van der Waals surface area contributed by atoms with Crippen LogP contribution in [-0.4, -0.2) is 35.1 Å². The minimum atomic E-state index is 0.624. The van der Waals surface area contributed by atoms with Crippen LogP contribution in [0.1, 0.15) is 38.4 Å². The lowest BCUT2D eigenvalue weighted by molar-refractivity contribution is 0.268. The molecular formula is C15H25N3. The van der Waals surface area contributed by atoms with Crippen LogP contribution in [0, 0.1) is 0 Å². The van der Waals surface area contributed by atoms with Crippen molar-refractivity contribution in [3.8, 4) is 0 Å². The smallest absolute Gasteiger partial charge is 0.0573 e. The van der Waals surface area contributed by atoms with Crippen molar-refractivity contribution in [3.63, 3.8) is 0 Å².